The Bertz CT molecular complexity index is 385. The van der Waals surface area contributed by atoms with Gasteiger partial charge in [0.15, 0.2) is 0 Å². The number of halogens is 2. The van der Waals surface area contributed by atoms with Gasteiger partial charge in [-0.25, -0.2) is 8.78 Å². The molecule has 0 aromatic heterocycles. The van der Waals surface area contributed by atoms with E-state index in [4.69, 9.17) is 0 Å². The van der Waals surface area contributed by atoms with Crippen molar-refractivity contribution in [3.8, 4) is 0 Å². The highest BCUT2D eigenvalue weighted by atomic mass is 19.1. The standard InChI is InChI=1S/C14H19F2NO/c1-2-3-4-17-8-11(9-17)14(18)10-5-12(15)7-13(16)6-10/h5-7,11,14,18H,2-4,8-9H2,1H3. The zero-order valence-corrected chi connectivity index (χ0v) is 10.6. The van der Waals surface area contributed by atoms with Crippen LogP contribution in [0.5, 0.6) is 0 Å². The van der Waals surface area contributed by atoms with E-state index in [1.807, 2.05) is 0 Å². The Kier molecular flexibility index (Phi) is 4.30. The summed E-state index contributed by atoms with van der Waals surface area (Å²) in [6.45, 7) is 4.79. The maximum atomic E-state index is 13.1. The highest BCUT2D eigenvalue weighted by Gasteiger charge is 2.33. The second-order valence-corrected chi connectivity index (χ2v) is 5.02. The zero-order valence-electron chi connectivity index (χ0n) is 10.6. The van der Waals surface area contributed by atoms with Crippen molar-refractivity contribution >= 4 is 0 Å². The number of nitrogens with zero attached hydrogens (tertiary/aromatic N) is 1. The van der Waals surface area contributed by atoms with Crippen molar-refractivity contribution in [1.29, 1.82) is 0 Å². The van der Waals surface area contributed by atoms with Gasteiger partial charge in [-0.1, -0.05) is 13.3 Å². The fourth-order valence-electron chi connectivity index (χ4n) is 2.39. The summed E-state index contributed by atoms with van der Waals surface area (Å²) in [6.07, 6.45) is 1.53. The summed E-state index contributed by atoms with van der Waals surface area (Å²) >= 11 is 0. The number of benzene rings is 1. The van der Waals surface area contributed by atoms with E-state index >= 15 is 0 Å². The SMILES string of the molecule is CCCCN1CC(C(O)c2cc(F)cc(F)c2)C1. The van der Waals surface area contributed by atoms with Gasteiger partial charge in [0.2, 0.25) is 0 Å². The predicted molar refractivity (Wildman–Crippen MR) is 66.2 cm³/mol. The first kappa shape index (κ1) is 13.4. The number of rotatable bonds is 5. The van der Waals surface area contributed by atoms with Gasteiger partial charge in [-0.05, 0) is 30.7 Å². The number of unbranched alkanes of at least 4 members (excludes halogenated alkanes) is 1. The second-order valence-electron chi connectivity index (χ2n) is 5.02. The molecule has 1 aromatic carbocycles. The summed E-state index contributed by atoms with van der Waals surface area (Å²) in [7, 11) is 0. The average Bonchev–Trinajstić information content (AvgIpc) is 2.25. The van der Waals surface area contributed by atoms with Crippen LogP contribution in [0.4, 0.5) is 8.78 Å². The van der Waals surface area contributed by atoms with E-state index in [9.17, 15) is 13.9 Å². The van der Waals surface area contributed by atoms with E-state index in [1.165, 1.54) is 12.1 Å². The number of hydrogen-bond donors (Lipinski definition) is 1. The van der Waals surface area contributed by atoms with Crippen LogP contribution in [0, 0.1) is 17.6 Å². The van der Waals surface area contributed by atoms with E-state index in [0.717, 1.165) is 38.5 Å². The molecule has 1 saturated heterocycles. The second kappa shape index (κ2) is 5.76. The van der Waals surface area contributed by atoms with E-state index < -0.39 is 17.7 Å². The molecule has 1 N–H and O–H groups in total. The van der Waals surface area contributed by atoms with E-state index in [1.54, 1.807) is 0 Å². The molecule has 18 heavy (non-hydrogen) atoms. The Morgan fingerprint density at radius 1 is 1.28 bits per heavy atom. The summed E-state index contributed by atoms with van der Waals surface area (Å²) in [5.41, 5.74) is 0.340. The number of aliphatic hydroxyl groups is 1. The van der Waals surface area contributed by atoms with Gasteiger partial charge in [0.25, 0.3) is 0 Å². The lowest BCUT2D eigenvalue weighted by molar-refractivity contribution is -0.00576. The lowest BCUT2D eigenvalue weighted by Crippen LogP contribution is -2.49. The maximum Gasteiger partial charge on any atom is 0.126 e. The smallest absolute Gasteiger partial charge is 0.126 e. The van der Waals surface area contributed by atoms with Gasteiger partial charge in [-0.15, -0.1) is 0 Å². The van der Waals surface area contributed by atoms with E-state index in [2.05, 4.69) is 11.8 Å². The first-order valence-electron chi connectivity index (χ1n) is 6.46. The molecule has 0 saturated carbocycles. The Balaban J connectivity index is 1.91. The molecule has 1 fully saturated rings. The molecule has 1 aliphatic heterocycles. The molecule has 1 heterocycles. The molecule has 0 radical (unpaired) electrons. The van der Waals surface area contributed by atoms with Crippen molar-refractivity contribution in [1.82, 2.24) is 4.90 Å². The molecule has 0 bridgehead atoms. The molecule has 4 heteroatoms. The van der Waals surface area contributed by atoms with Crippen molar-refractivity contribution in [2.24, 2.45) is 5.92 Å². The van der Waals surface area contributed by atoms with Crippen molar-refractivity contribution in [2.45, 2.75) is 25.9 Å². The molecule has 0 aliphatic carbocycles. The monoisotopic (exact) mass is 255 g/mol. The minimum Gasteiger partial charge on any atom is -0.388 e. The minimum atomic E-state index is -0.770. The van der Waals surface area contributed by atoms with Crippen LogP contribution in [-0.2, 0) is 0 Å². The molecule has 2 nitrogen and oxygen atoms in total. The van der Waals surface area contributed by atoms with Gasteiger partial charge < -0.3 is 10.0 Å². The molecule has 100 valence electrons. The van der Waals surface area contributed by atoms with Crippen LogP contribution in [-0.4, -0.2) is 29.6 Å². The first-order chi connectivity index (χ1) is 8.60. The number of likely N-dealkylation sites (tertiary alicyclic amines) is 1. The van der Waals surface area contributed by atoms with E-state index in [-0.39, 0.29) is 5.92 Å². The summed E-state index contributed by atoms with van der Waals surface area (Å²) in [6, 6.07) is 3.25. The van der Waals surface area contributed by atoms with Crippen molar-refractivity contribution in [3.05, 3.63) is 35.4 Å². The highest BCUT2D eigenvalue weighted by Crippen LogP contribution is 2.30. The van der Waals surface area contributed by atoms with Gasteiger partial charge >= 0.3 is 0 Å². The third-order valence-corrected chi connectivity index (χ3v) is 3.49. The van der Waals surface area contributed by atoms with Gasteiger partial charge in [-0.2, -0.15) is 0 Å². The largest absolute Gasteiger partial charge is 0.388 e. The molecule has 1 atom stereocenters. The molecule has 0 amide bonds. The van der Waals surface area contributed by atoms with Crippen molar-refractivity contribution < 1.29 is 13.9 Å². The average molecular weight is 255 g/mol. The number of hydrogen-bond acceptors (Lipinski definition) is 2. The van der Waals surface area contributed by atoms with Crippen LogP contribution >= 0.6 is 0 Å². The third kappa shape index (κ3) is 3.06. The normalized spacial score (nSPS) is 18.7. The van der Waals surface area contributed by atoms with Crippen LogP contribution in [0.25, 0.3) is 0 Å². The molecular formula is C14H19F2NO. The quantitative estimate of drug-likeness (QED) is 0.874. The molecular weight excluding hydrogens is 236 g/mol. The Morgan fingerprint density at radius 2 is 1.89 bits per heavy atom. The Hall–Kier alpha value is -1.00. The Morgan fingerprint density at radius 3 is 2.44 bits per heavy atom. The molecule has 1 aromatic rings. The summed E-state index contributed by atoms with van der Waals surface area (Å²) in [4.78, 5) is 2.26. The first-order valence-corrected chi connectivity index (χ1v) is 6.46. The molecule has 1 unspecified atom stereocenters. The van der Waals surface area contributed by atoms with Crippen molar-refractivity contribution in [3.63, 3.8) is 0 Å². The zero-order chi connectivity index (χ0) is 13.1. The van der Waals surface area contributed by atoms with Gasteiger partial charge in [-0.3, -0.25) is 0 Å². The highest BCUT2D eigenvalue weighted by molar-refractivity contribution is 5.21. The fourth-order valence-corrected chi connectivity index (χ4v) is 2.39. The van der Waals surface area contributed by atoms with Crippen LogP contribution in [0.1, 0.15) is 31.4 Å². The molecule has 2 rings (SSSR count). The van der Waals surface area contributed by atoms with Crippen molar-refractivity contribution in [2.75, 3.05) is 19.6 Å². The Labute approximate surface area is 106 Å². The lowest BCUT2D eigenvalue weighted by Gasteiger charge is -2.41. The molecule has 1 aliphatic rings. The minimum absolute atomic E-state index is 0.0862. The lowest BCUT2D eigenvalue weighted by atomic mass is 9.89. The van der Waals surface area contributed by atoms with Crippen LogP contribution in [0.3, 0.4) is 0 Å². The maximum absolute atomic E-state index is 13.1. The van der Waals surface area contributed by atoms with Gasteiger partial charge in [0.05, 0.1) is 6.10 Å². The topological polar surface area (TPSA) is 23.5 Å². The molecule has 0 spiro atoms. The van der Waals surface area contributed by atoms with Crippen LogP contribution in [0.15, 0.2) is 18.2 Å². The van der Waals surface area contributed by atoms with Crippen LogP contribution in [0.2, 0.25) is 0 Å². The third-order valence-electron chi connectivity index (χ3n) is 3.49. The van der Waals surface area contributed by atoms with Gasteiger partial charge in [0.1, 0.15) is 11.6 Å². The summed E-state index contributed by atoms with van der Waals surface area (Å²) < 4.78 is 26.1. The van der Waals surface area contributed by atoms with E-state index in [0.29, 0.717) is 5.56 Å². The predicted octanol–water partition coefficient (Wildman–Crippen LogP) is 2.73. The number of aliphatic hydroxyl groups excluding tert-OH is 1. The summed E-state index contributed by atoms with van der Waals surface area (Å²) in [5, 5.41) is 10.1. The van der Waals surface area contributed by atoms with Gasteiger partial charge in [0, 0.05) is 25.1 Å². The summed E-state index contributed by atoms with van der Waals surface area (Å²) in [5.74, 6) is -1.18. The fraction of sp³-hybridized carbons (Fsp3) is 0.571. The van der Waals surface area contributed by atoms with Crippen LogP contribution < -0.4 is 0 Å².